The number of likely N-dealkylation sites (N-methyl/N-ethyl adjacent to an activating group) is 1. The van der Waals surface area contributed by atoms with Crippen molar-refractivity contribution < 1.29 is 17.9 Å². The van der Waals surface area contributed by atoms with Gasteiger partial charge in [-0.2, -0.15) is 4.31 Å². The third kappa shape index (κ3) is 6.38. The highest BCUT2D eigenvalue weighted by atomic mass is 32.2. The van der Waals surface area contributed by atoms with Gasteiger partial charge in [-0.05, 0) is 58.1 Å². The third-order valence-corrected chi connectivity index (χ3v) is 7.19. The average molecular weight is 460 g/mol. The first-order chi connectivity index (χ1) is 15.1. The molecule has 174 valence electrons. The summed E-state index contributed by atoms with van der Waals surface area (Å²) in [7, 11) is 0.205. The van der Waals surface area contributed by atoms with Crippen LogP contribution in [0.25, 0.3) is 0 Å². The maximum atomic E-state index is 13.2. The third-order valence-electron chi connectivity index (χ3n) is 5.37. The highest BCUT2D eigenvalue weighted by Crippen LogP contribution is 2.22. The molecule has 0 bridgehead atoms. The van der Waals surface area contributed by atoms with Gasteiger partial charge in [-0.1, -0.05) is 36.4 Å². The van der Waals surface area contributed by atoms with Gasteiger partial charge in [0.25, 0.3) is 5.91 Å². The van der Waals surface area contributed by atoms with Gasteiger partial charge in [0.05, 0.1) is 17.1 Å². The molecule has 32 heavy (non-hydrogen) atoms. The molecule has 1 aliphatic rings. The molecule has 8 heteroatoms. The van der Waals surface area contributed by atoms with Crippen molar-refractivity contribution in [2.24, 2.45) is 0 Å². The van der Waals surface area contributed by atoms with Crippen molar-refractivity contribution in [3.05, 3.63) is 65.7 Å². The van der Waals surface area contributed by atoms with Crippen LogP contribution < -0.4 is 5.32 Å². The minimum atomic E-state index is -3.71. The summed E-state index contributed by atoms with van der Waals surface area (Å²) in [6, 6.07) is 16.1. The normalized spacial score (nSPS) is 20.8. The summed E-state index contributed by atoms with van der Waals surface area (Å²) in [5.74, 6) is -0.284. The lowest BCUT2D eigenvalue weighted by Gasteiger charge is -2.34. The number of sulfonamides is 1. The van der Waals surface area contributed by atoms with E-state index in [4.69, 9.17) is 4.74 Å². The van der Waals surface area contributed by atoms with E-state index < -0.39 is 10.0 Å². The zero-order valence-corrected chi connectivity index (χ0v) is 20.0. The van der Waals surface area contributed by atoms with E-state index >= 15 is 0 Å². The molecule has 0 aliphatic carbocycles. The monoisotopic (exact) mass is 459 g/mol. The number of hydrogen-bond acceptors (Lipinski definition) is 5. The van der Waals surface area contributed by atoms with Gasteiger partial charge < -0.3 is 15.0 Å². The Labute approximate surface area is 191 Å². The second-order valence-corrected chi connectivity index (χ2v) is 10.7. The first-order valence-electron chi connectivity index (χ1n) is 10.9. The van der Waals surface area contributed by atoms with E-state index in [2.05, 4.69) is 5.32 Å². The van der Waals surface area contributed by atoms with Gasteiger partial charge in [0, 0.05) is 31.2 Å². The number of hydrogen-bond donors (Lipinski definition) is 1. The molecule has 0 saturated carbocycles. The number of rotatable bonds is 8. The van der Waals surface area contributed by atoms with E-state index in [1.165, 1.54) is 16.4 Å². The molecule has 1 N–H and O–H groups in total. The number of carbonyl (C=O) groups is 1. The fourth-order valence-corrected chi connectivity index (χ4v) is 5.68. The minimum Gasteiger partial charge on any atom is -0.373 e. The fourth-order valence-electron chi connectivity index (χ4n) is 4.04. The van der Waals surface area contributed by atoms with Crippen molar-refractivity contribution in [3.8, 4) is 0 Å². The Morgan fingerprint density at radius 2 is 1.75 bits per heavy atom. The molecule has 1 aliphatic heterocycles. The number of nitrogens with one attached hydrogen (secondary N) is 1. The number of carbonyl (C=O) groups excluding carboxylic acids is 1. The highest BCUT2D eigenvalue weighted by molar-refractivity contribution is 7.89. The number of amides is 1. The lowest BCUT2D eigenvalue weighted by molar-refractivity contribution is -0.0440. The predicted octanol–water partition coefficient (Wildman–Crippen LogP) is 2.39. The van der Waals surface area contributed by atoms with E-state index in [1.54, 1.807) is 12.1 Å². The van der Waals surface area contributed by atoms with Crippen molar-refractivity contribution in [1.29, 1.82) is 0 Å². The Morgan fingerprint density at radius 3 is 2.38 bits per heavy atom. The molecule has 3 unspecified atom stereocenters. The molecule has 0 spiro atoms. The number of ether oxygens (including phenoxy) is 1. The van der Waals surface area contributed by atoms with Crippen LogP contribution in [0.15, 0.2) is 59.5 Å². The molecule has 3 rings (SSSR count). The molecule has 1 amide bonds. The van der Waals surface area contributed by atoms with Crippen LogP contribution in [-0.2, 0) is 21.2 Å². The zero-order chi connectivity index (χ0) is 23.3. The van der Waals surface area contributed by atoms with Gasteiger partial charge in [0.2, 0.25) is 10.0 Å². The van der Waals surface area contributed by atoms with Gasteiger partial charge >= 0.3 is 0 Å². The Hall–Kier alpha value is -2.26. The number of benzene rings is 2. The zero-order valence-electron chi connectivity index (χ0n) is 19.2. The van der Waals surface area contributed by atoms with Crippen LogP contribution in [0, 0.1) is 0 Å². The second kappa shape index (κ2) is 10.6. The molecule has 1 saturated heterocycles. The largest absolute Gasteiger partial charge is 0.373 e. The molecule has 7 nitrogen and oxygen atoms in total. The van der Waals surface area contributed by atoms with Crippen molar-refractivity contribution in [2.45, 2.75) is 43.4 Å². The van der Waals surface area contributed by atoms with Crippen LogP contribution in [0.4, 0.5) is 0 Å². The maximum absolute atomic E-state index is 13.2. The number of morpholine rings is 1. The fraction of sp³-hybridized carbons (Fsp3) is 0.458. The van der Waals surface area contributed by atoms with Crippen LogP contribution in [0.2, 0.25) is 0 Å². The predicted molar refractivity (Wildman–Crippen MR) is 125 cm³/mol. The Balaban J connectivity index is 1.77. The van der Waals surface area contributed by atoms with Crippen molar-refractivity contribution in [1.82, 2.24) is 14.5 Å². The van der Waals surface area contributed by atoms with Gasteiger partial charge in [-0.3, -0.25) is 4.79 Å². The first-order valence-corrected chi connectivity index (χ1v) is 12.3. The van der Waals surface area contributed by atoms with Crippen LogP contribution in [0.3, 0.4) is 0 Å². The maximum Gasteiger partial charge on any atom is 0.251 e. The minimum absolute atomic E-state index is 0.110. The van der Waals surface area contributed by atoms with Crippen molar-refractivity contribution >= 4 is 15.9 Å². The molecule has 0 radical (unpaired) electrons. The first kappa shape index (κ1) is 24.4. The lowest BCUT2D eigenvalue weighted by atomic mass is 10.0. The molecular formula is C24H33N3O4S. The summed E-state index contributed by atoms with van der Waals surface area (Å²) >= 11 is 0. The number of nitrogens with zero attached hydrogens (tertiary/aromatic N) is 2. The summed E-state index contributed by atoms with van der Waals surface area (Å²) < 4.78 is 33.5. The second-order valence-electron chi connectivity index (χ2n) is 8.73. The Bertz CT molecular complexity index is 1000. The SMILES string of the molecule is CC1CN(S(=O)(=O)c2cccc(C(=O)NC(Cc3ccccc3)CN(C)C)c2)CC(C)O1. The molecule has 2 aromatic rings. The standard InChI is InChI=1S/C24H33N3O4S/c1-18-15-27(16-19(2)31-18)32(29,30)23-12-8-11-21(14-23)24(28)25-22(17-26(3)4)13-20-9-6-5-7-10-20/h5-12,14,18-19,22H,13,15-17H2,1-4H3,(H,25,28). The topological polar surface area (TPSA) is 79.0 Å². The molecule has 2 aromatic carbocycles. The molecular weight excluding hydrogens is 426 g/mol. The summed E-state index contributed by atoms with van der Waals surface area (Å²) in [5, 5.41) is 3.08. The van der Waals surface area contributed by atoms with Gasteiger partial charge in [0.1, 0.15) is 0 Å². The van der Waals surface area contributed by atoms with Crippen LogP contribution in [-0.4, -0.2) is 75.5 Å². The van der Waals surface area contributed by atoms with Gasteiger partial charge in [-0.15, -0.1) is 0 Å². The molecule has 1 heterocycles. The molecule has 1 fully saturated rings. The van der Waals surface area contributed by atoms with Crippen LogP contribution in [0.1, 0.15) is 29.8 Å². The summed E-state index contributed by atoms with van der Waals surface area (Å²) in [6.45, 7) is 4.98. The van der Waals surface area contributed by atoms with Crippen molar-refractivity contribution in [3.63, 3.8) is 0 Å². The summed E-state index contributed by atoms with van der Waals surface area (Å²) in [4.78, 5) is 15.2. The smallest absolute Gasteiger partial charge is 0.251 e. The molecule has 0 aromatic heterocycles. The van der Waals surface area contributed by atoms with E-state index in [1.807, 2.05) is 63.2 Å². The highest BCUT2D eigenvalue weighted by Gasteiger charge is 2.32. The van der Waals surface area contributed by atoms with E-state index in [9.17, 15) is 13.2 Å². The Kier molecular flexibility index (Phi) is 8.05. The van der Waals surface area contributed by atoms with E-state index in [0.29, 0.717) is 31.6 Å². The van der Waals surface area contributed by atoms with Crippen LogP contribution >= 0.6 is 0 Å². The van der Waals surface area contributed by atoms with Gasteiger partial charge in [0.15, 0.2) is 0 Å². The van der Waals surface area contributed by atoms with E-state index in [-0.39, 0.29) is 29.1 Å². The van der Waals surface area contributed by atoms with Crippen LogP contribution in [0.5, 0.6) is 0 Å². The average Bonchev–Trinajstić information content (AvgIpc) is 2.73. The Morgan fingerprint density at radius 1 is 1.09 bits per heavy atom. The van der Waals surface area contributed by atoms with Gasteiger partial charge in [-0.25, -0.2) is 8.42 Å². The van der Waals surface area contributed by atoms with Crippen molar-refractivity contribution in [2.75, 3.05) is 33.7 Å². The molecule has 3 atom stereocenters. The van der Waals surface area contributed by atoms with E-state index in [0.717, 1.165) is 5.56 Å². The quantitative estimate of drug-likeness (QED) is 0.656. The summed E-state index contributed by atoms with van der Waals surface area (Å²) in [6.07, 6.45) is 0.335. The summed E-state index contributed by atoms with van der Waals surface area (Å²) in [5.41, 5.74) is 1.46. The lowest BCUT2D eigenvalue weighted by Crippen LogP contribution is -2.48.